The molecule has 1 heterocycles. The Morgan fingerprint density at radius 3 is 2.29 bits per heavy atom. The first kappa shape index (κ1) is 12.3. The van der Waals surface area contributed by atoms with Gasteiger partial charge in [-0.25, -0.2) is 8.42 Å². The van der Waals surface area contributed by atoms with Gasteiger partial charge in [0.15, 0.2) is 0 Å². The summed E-state index contributed by atoms with van der Waals surface area (Å²) in [6.45, 7) is 2.73. The van der Waals surface area contributed by atoms with Gasteiger partial charge < -0.3 is 0 Å². The summed E-state index contributed by atoms with van der Waals surface area (Å²) in [5, 5.41) is 0.748. The van der Waals surface area contributed by atoms with E-state index in [1.807, 2.05) is 6.92 Å². The quantitative estimate of drug-likeness (QED) is 0.732. The Morgan fingerprint density at radius 2 is 1.93 bits per heavy atom. The first-order valence-corrected chi connectivity index (χ1v) is 9.11. The lowest BCUT2D eigenvalue weighted by Gasteiger charge is -2.38. The third-order valence-corrected chi connectivity index (χ3v) is 6.27. The largest absolute Gasteiger partial charge is 0.256 e. The van der Waals surface area contributed by atoms with Crippen molar-refractivity contribution >= 4 is 20.9 Å². The second-order valence-corrected chi connectivity index (χ2v) is 8.96. The maximum Gasteiger partial charge on any atom is 0.211 e. The summed E-state index contributed by atoms with van der Waals surface area (Å²) in [4.78, 5) is 0. The molecule has 1 rings (SSSR count). The van der Waals surface area contributed by atoms with Gasteiger partial charge in [-0.1, -0.05) is 0 Å². The van der Waals surface area contributed by atoms with Crippen molar-refractivity contribution in [3.63, 3.8) is 0 Å². The third-order valence-electron chi connectivity index (χ3n) is 2.94. The second kappa shape index (κ2) is 4.41. The van der Waals surface area contributed by atoms with Crippen molar-refractivity contribution in [3.05, 3.63) is 0 Å². The van der Waals surface area contributed by atoms with Crippen molar-refractivity contribution in [1.82, 2.24) is 4.31 Å². The normalized spacial score (nSPS) is 31.6. The van der Waals surface area contributed by atoms with Crippen LogP contribution in [0.1, 0.15) is 19.8 Å². The third kappa shape index (κ3) is 2.87. The Kier molecular flexibility index (Phi) is 3.88. The average Bonchev–Trinajstić information content (AvgIpc) is 2.01. The lowest BCUT2D eigenvalue weighted by Crippen LogP contribution is -2.45. The first-order chi connectivity index (χ1) is 6.32. The number of piperidine rings is 1. The zero-order chi connectivity index (χ0) is 10.9. The fraction of sp³-hybridized carbons (Fsp3) is 1.00. The fourth-order valence-corrected chi connectivity index (χ4v) is 4.62. The Balaban J connectivity index is 2.66. The highest BCUT2D eigenvalue weighted by atomic mass is 32.2. The molecule has 0 aromatic carbocycles. The van der Waals surface area contributed by atoms with Gasteiger partial charge >= 0.3 is 0 Å². The van der Waals surface area contributed by atoms with Crippen LogP contribution in [-0.2, 0) is 10.0 Å². The predicted molar refractivity (Wildman–Crippen MR) is 64.9 cm³/mol. The Hall–Kier alpha value is 0.260. The van der Waals surface area contributed by atoms with Crippen molar-refractivity contribution in [2.24, 2.45) is 0 Å². The van der Waals surface area contributed by atoms with Crippen molar-refractivity contribution in [2.45, 2.75) is 31.1 Å². The predicted octanol–water partition coefficient (Wildman–Crippen LogP) is 1.06. The van der Waals surface area contributed by atoms with E-state index in [9.17, 15) is 8.42 Å². The fourth-order valence-electron chi connectivity index (χ4n) is 2.09. The van der Waals surface area contributed by atoms with Gasteiger partial charge in [0.2, 0.25) is 10.0 Å². The number of nitrogens with zero attached hydrogens (tertiary/aromatic N) is 1. The molecule has 14 heavy (non-hydrogen) atoms. The van der Waals surface area contributed by atoms with E-state index in [-0.39, 0.29) is 16.9 Å². The molecule has 0 amide bonds. The van der Waals surface area contributed by atoms with E-state index >= 15 is 0 Å². The lowest BCUT2D eigenvalue weighted by molar-refractivity contribution is 0.275. The molecule has 0 aliphatic carbocycles. The topological polar surface area (TPSA) is 37.4 Å². The molecule has 2 atom stereocenters. The molecule has 0 aromatic heterocycles. The minimum Gasteiger partial charge on any atom is -0.256 e. The molecule has 0 radical (unpaired) electrons. The van der Waals surface area contributed by atoms with Gasteiger partial charge in [0.25, 0.3) is 0 Å². The summed E-state index contributed by atoms with van der Waals surface area (Å²) >= 11 is 0. The van der Waals surface area contributed by atoms with E-state index in [4.69, 9.17) is 0 Å². The number of hydrogen-bond acceptors (Lipinski definition) is 2. The van der Waals surface area contributed by atoms with E-state index in [1.54, 1.807) is 4.31 Å². The smallest absolute Gasteiger partial charge is 0.211 e. The van der Waals surface area contributed by atoms with E-state index in [2.05, 4.69) is 12.5 Å². The van der Waals surface area contributed by atoms with Crippen LogP contribution >= 0.6 is 10.9 Å². The van der Waals surface area contributed by atoms with Crippen LogP contribution in [0.2, 0.25) is 0 Å². The van der Waals surface area contributed by atoms with Gasteiger partial charge in [-0.2, -0.15) is 4.31 Å². The van der Waals surface area contributed by atoms with Crippen LogP contribution in [0.15, 0.2) is 0 Å². The number of sulfonamides is 1. The molecule has 1 saturated heterocycles. The van der Waals surface area contributed by atoms with Crippen molar-refractivity contribution < 1.29 is 8.42 Å². The Bertz CT molecular complexity index is 287. The minimum atomic E-state index is -2.98. The summed E-state index contributed by atoms with van der Waals surface area (Å²) < 4.78 is 24.5. The summed E-state index contributed by atoms with van der Waals surface area (Å²) in [6, 6.07) is 0.189. The highest BCUT2D eigenvalue weighted by Crippen LogP contribution is 2.34. The van der Waals surface area contributed by atoms with Crippen LogP contribution in [0, 0.1) is 0 Å². The molecule has 1 aliphatic rings. The summed E-state index contributed by atoms with van der Waals surface area (Å²) in [6.07, 6.45) is 7.94. The average molecular weight is 239 g/mol. The number of thiol groups is 1. The molecule has 0 saturated carbocycles. The molecular formula is C9H21NO2S2. The highest BCUT2D eigenvalue weighted by Gasteiger charge is 2.31. The van der Waals surface area contributed by atoms with Crippen molar-refractivity contribution in [2.75, 3.05) is 25.3 Å². The SMILES string of the molecule is CC1CC([SH](C)C)CCN1S(C)(=O)=O. The summed E-state index contributed by atoms with van der Waals surface area (Å²) in [7, 11) is -2.91. The molecule has 0 aromatic rings. The van der Waals surface area contributed by atoms with Gasteiger partial charge in [0, 0.05) is 12.6 Å². The van der Waals surface area contributed by atoms with Crippen LogP contribution < -0.4 is 0 Å². The monoisotopic (exact) mass is 239 g/mol. The van der Waals surface area contributed by atoms with E-state index in [0.717, 1.165) is 18.1 Å². The van der Waals surface area contributed by atoms with Gasteiger partial charge in [-0.05, 0) is 37.5 Å². The van der Waals surface area contributed by atoms with E-state index < -0.39 is 10.0 Å². The van der Waals surface area contributed by atoms with Crippen LogP contribution in [0.3, 0.4) is 0 Å². The molecule has 1 fully saturated rings. The molecule has 86 valence electrons. The number of rotatable bonds is 2. The molecule has 1 aliphatic heterocycles. The first-order valence-electron chi connectivity index (χ1n) is 4.95. The standard InChI is InChI=1S/C9H21NO2S2/c1-8-7-9(13(2)3)5-6-10(8)14(4,11)12/h8-9,13H,5-7H2,1-4H3. The Labute approximate surface area is 90.3 Å². The van der Waals surface area contributed by atoms with Crippen LogP contribution in [0.4, 0.5) is 0 Å². The van der Waals surface area contributed by atoms with Crippen LogP contribution in [0.5, 0.6) is 0 Å². The molecule has 5 heteroatoms. The maximum absolute atomic E-state index is 11.4. The molecule has 3 nitrogen and oxygen atoms in total. The molecular weight excluding hydrogens is 218 g/mol. The van der Waals surface area contributed by atoms with Crippen molar-refractivity contribution in [1.29, 1.82) is 0 Å². The second-order valence-electron chi connectivity index (χ2n) is 4.36. The van der Waals surface area contributed by atoms with Gasteiger partial charge in [0.1, 0.15) is 0 Å². The van der Waals surface area contributed by atoms with Crippen LogP contribution in [0.25, 0.3) is 0 Å². The maximum atomic E-state index is 11.4. The minimum absolute atomic E-state index is 0.0783. The van der Waals surface area contributed by atoms with E-state index in [1.165, 1.54) is 6.26 Å². The molecule has 0 N–H and O–H groups in total. The number of hydrogen-bond donors (Lipinski definition) is 1. The zero-order valence-corrected chi connectivity index (χ0v) is 11.1. The molecule has 0 spiro atoms. The van der Waals surface area contributed by atoms with Gasteiger partial charge in [-0.15, -0.1) is 0 Å². The highest BCUT2D eigenvalue weighted by molar-refractivity contribution is 8.16. The summed E-state index contributed by atoms with van der Waals surface area (Å²) in [5.41, 5.74) is 0. The van der Waals surface area contributed by atoms with Crippen LogP contribution in [-0.4, -0.2) is 49.3 Å². The molecule has 0 bridgehead atoms. The van der Waals surface area contributed by atoms with Gasteiger partial charge in [0.05, 0.1) is 6.26 Å². The summed E-state index contributed by atoms with van der Waals surface area (Å²) in [5.74, 6) is 0. The zero-order valence-electron chi connectivity index (χ0n) is 9.40. The lowest BCUT2D eigenvalue weighted by atomic mass is 10.1. The van der Waals surface area contributed by atoms with E-state index in [0.29, 0.717) is 6.54 Å². The van der Waals surface area contributed by atoms with Crippen molar-refractivity contribution in [3.8, 4) is 0 Å². The van der Waals surface area contributed by atoms with Gasteiger partial charge in [-0.3, -0.25) is 10.9 Å². The molecule has 2 unspecified atom stereocenters. The Morgan fingerprint density at radius 1 is 1.36 bits per heavy atom.